The molecule has 0 fully saturated rings. The van der Waals surface area contributed by atoms with Crippen LogP contribution in [0, 0.1) is 5.82 Å². The molecule has 0 spiro atoms. The fourth-order valence-corrected chi connectivity index (χ4v) is 1.86. The summed E-state index contributed by atoms with van der Waals surface area (Å²) in [6, 6.07) is 12.7. The van der Waals surface area contributed by atoms with Crippen molar-refractivity contribution in [3.63, 3.8) is 0 Å². The Bertz CT molecular complexity index is 718. The minimum Gasteiger partial charge on any atom is -0.508 e. The lowest BCUT2D eigenvalue weighted by Crippen LogP contribution is -1.93. The van der Waals surface area contributed by atoms with E-state index < -0.39 is 0 Å². The van der Waals surface area contributed by atoms with E-state index in [1.165, 1.54) is 12.1 Å². The summed E-state index contributed by atoms with van der Waals surface area (Å²) in [6.45, 7) is 0.207. The standard InChI is InChI=1S/C15H11FO3/c16-11-2-1-3-13(7-11)18-9-14-6-10-4-5-12(17)8-15(10)19-14/h1-8,17H,9H2. The van der Waals surface area contributed by atoms with Crippen LogP contribution in [0.3, 0.4) is 0 Å². The number of halogens is 1. The van der Waals surface area contributed by atoms with Gasteiger partial charge in [-0.1, -0.05) is 6.07 Å². The van der Waals surface area contributed by atoms with Crippen LogP contribution in [0.4, 0.5) is 4.39 Å². The van der Waals surface area contributed by atoms with Crippen molar-refractivity contribution in [1.29, 1.82) is 0 Å². The summed E-state index contributed by atoms with van der Waals surface area (Å²) in [5, 5.41) is 10.2. The molecule has 3 nitrogen and oxygen atoms in total. The number of fused-ring (bicyclic) bond motifs is 1. The maximum absolute atomic E-state index is 13.0. The molecule has 0 atom stereocenters. The van der Waals surface area contributed by atoms with Gasteiger partial charge in [0, 0.05) is 17.5 Å². The van der Waals surface area contributed by atoms with Crippen LogP contribution in [0.1, 0.15) is 5.76 Å². The number of rotatable bonds is 3. The normalized spacial score (nSPS) is 10.8. The number of hydrogen-bond acceptors (Lipinski definition) is 3. The quantitative estimate of drug-likeness (QED) is 0.775. The molecule has 0 saturated heterocycles. The van der Waals surface area contributed by atoms with Crippen molar-refractivity contribution in [2.24, 2.45) is 0 Å². The number of phenols is 1. The molecule has 0 bridgehead atoms. The summed E-state index contributed by atoms with van der Waals surface area (Å²) >= 11 is 0. The Labute approximate surface area is 108 Å². The second-order valence-electron chi connectivity index (χ2n) is 4.18. The van der Waals surface area contributed by atoms with Crippen LogP contribution in [0.5, 0.6) is 11.5 Å². The number of hydrogen-bond donors (Lipinski definition) is 1. The molecule has 19 heavy (non-hydrogen) atoms. The van der Waals surface area contributed by atoms with E-state index in [9.17, 15) is 9.50 Å². The molecule has 3 aromatic rings. The summed E-state index contributed by atoms with van der Waals surface area (Å²) in [5.41, 5.74) is 0.595. The largest absolute Gasteiger partial charge is 0.508 e. The van der Waals surface area contributed by atoms with Gasteiger partial charge in [0.2, 0.25) is 0 Å². The molecule has 0 unspecified atom stereocenters. The van der Waals surface area contributed by atoms with E-state index >= 15 is 0 Å². The highest BCUT2D eigenvalue weighted by atomic mass is 19.1. The van der Waals surface area contributed by atoms with Gasteiger partial charge in [0.15, 0.2) is 0 Å². The molecule has 3 rings (SSSR count). The van der Waals surface area contributed by atoms with Crippen molar-refractivity contribution in [3.05, 3.63) is 60.1 Å². The van der Waals surface area contributed by atoms with Crippen molar-refractivity contribution in [3.8, 4) is 11.5 Å². The number of benzene rings is 2. The van der Waals surface area contributed by atoms with E-state index in [1.54, 1.807) is 30.3 Å². The summed E-state index contributed by atoms with van der Waals surface area (Å²) in [7, 11) is 0. The first kappa shape index (κ1) is 11.6. The Balaban J connectivity index is 1.78. The zero-order chi connectivity index (χ0) is 13.2. The Hall–Kier alpha value is -2.49. The molecular weight excluding hydrogens is 247 g/mol. The first-order valence-corrected chi connectivity index (χ1v) is 5.80. The first-order chi connectivity index (χ1) is 9.20. The van der Waals surface area contributed by atoms with Crippen molar-refractivity contribution < 1.29 is 18.7 Å². The highest BCUT2D eigenvalue weighted by Gasteiger charge is 2.05. The van der Waals surface area contributed by atoms with Gasteiger partial charge in [-0.25, -0.2) is 4.39 Å². The Morgan fingerprint density at radius 2 is 2.00 bits per heavy atom. The molecule has 1 aromatic heterocycles. The van der Waals surface area contributed by atoms with Gasteiger partial charge in [0.25, 0.3) is 0 Å². The fraction of sp³-hybridized carbons (Fsp3) is 0.0667. The number of furan rings is 1. The van der Waals surface area contributed by atoms with Crippen LogP contribution < -0.4 is 4.74 Å². The lowest BCUT2D eigenvalue weighted by molar-refractivity contribution is 0.273. The van der Waals surface area contributed by atoms with E-state index in [-0.39, 0.29) is 18.2 Å². The number of aromatic hydroxyl groups is 1. The second-order valence-corrected chi connectivity index (χ2v) is 4.18. The third-order valence-electron chi connectivity index (χ3n) is 2.73. The topological polar surface area (TPSA) is 42.6 Å². The molecule has 0 radical (unpaired) electrons. The lowest BCUT2D eigenvalue weighted by Gasteiger charge is -2.03. The molecule has 0 aliphatic rings. The van der Waals surface area contributed by atoms with Crippen LogP contribution in [-0.2, 0) is 6.61 Å². The smallest absolute Gasteiger partial charge is 0.146 e. The third kappa shape index (κ3) is 2.52. The Kier molecular flexibility index (Phi) is 2.83. The van der Waals surface area contributed by atoms with Gasteiger partial charge >= 0.3 is 0 Å². The molecule has 4 heteroatoms. The van der Waals surface area contributed by atoms with Gasteiger partial charge in [-0.3, -0.25) is 0 Å². The predicted octanol–water partition coefficient (Wildman–Crippen LogP) is 3.86. The first-order valence-electron chi connectivity index (χ1n) is 5.80. The molecule has 1 heterocycles. The second kappa shape index (κ2) is 4.65. The summed E-state index contributed by atoms with van der Waals surface area (Å²) in [5.74, 6) is 0.875. The highest BCUT2D eigenvalue weighted by Crippen LogP contribution is 2.24. The fourth-order valence-electron chi connectivity index (χ4n) is 1.86. The average molecular weight is 258 g/mol. The highest BCUT2D eigenvalue weighted by molar-refractivity contribution is 5.79. The van der Waals surface area contributed by atoms with Gasteiger partial charge in [0.1, 0.15) is 35.3 Å². The lowest BCUT2D eigenvalue weighted by atomic mass is 10.2. The average Bonchev–Trinajstić information content (AvgIpc) is 2.78. The van der Waals surface area contributed by atoms with Crippen LogP contribution in [0.2, 0.25) is 0 Å². The Morgan fingerprint density at radius 3 is 2.84 bits per heavy atom. The molecule has 1 N–H and O–H groups in total. The van der Waals surface area contributed by atoms with Gasteiger partial charge in [-0.15, -0.1) is 0 Å². The Morgan fingerprint density at radius 1 is 1.11 bits per heavy atom. The zero-order valence-corrected chi connectivity index (χ0v) is 9.97. The van der Waals surface area contributed by atoms with Crippen molar-refractivity contribution in [2.45, 2.75) is 6.61 Å². The number of phenolic OH excluding ortho intramolecular Hbond substituents is 1. The van der Waals surface area contributed by atoms with Gasteiger partial charge in [-0.05, 0) is 30.3 Å². The van der Waals surface area contributed by atoms with Crippen LogP contribution >= 0.6 is 0 Å². The molecule has 2 aromatic carbocycles. The van der Waals surface area contributed by atoms with Crippen LogP contribution in [0.15, 0.2) is 52.9 Å². The molecule has 0 aliphatic carbocycles. The van der Waals surface area contributed by atoms with E-state index in [0.29, 0.717) is 17.1 Å². The minimum atomic E-state index is -0.341. The van der Waals surface area contributed by atoms with E-state index in [4.69, 9.17) is 9.15 Å². The van der Waals surface area contributed by atoms with Crippen LogP contribution in [-0.4, -0.2) is 5.11 Å². The maximum Gasteiger partial charge on any atom is 0.146 e. The molecule has 0 amide bonds. The maximum atomic E-state index is 13.0. The van der Waals surface area contributed by atoms with E-state index in [0.717, 1.165) is 5.39 Å². The predicted molar refractivity (Wildman–Crippen MR) is 68.6 cm³/mol. The zero-order valence-electron chi connectivity index (χ0n) is 9.97. The molecule has 96 valence electrons. The SMILES string of the molecule is Oc1ccc2cc(COc3cccc(F)c3)oc2c1. The summed E-state index contributed by atoms with van der Waals surface area (Å²) < 4.78 is 23.9. The molecular formula is C15H11FO3. The van der Waals surface area contributed by atoms with Crippen molar-refractivity contribution in [1.82, 2.24) is 0 Å². The van der Waals surface area contributed by atoms with Crippen LogP contribution in [0.25, 0.3) is 11.0 Å². The van der Waals surface area contributed by atoms with Crippen molar-refractivity contribution in [2.75, 3.05) is 0 Å². The number of ether oxygens (including phenoxy) is 1. The molecule has 0 saturated carbocycles. The van der Waals surface area contributed by atoms with Gasteiger partial charge in [0.05, 0.1) is 0 Å². The summed E-state index contributed by atoms with van der Waals surface area (Å²) in [6.07, 6.45) is 0. The third-order valence-corrected chi connectivity index (χ3v) is 2.73. The van der Waals surface area contributed by atoms with E-state index in [2.05, 4.69) is 0 Å². The molecule has 0 aliphatic heterocycles. The minimum absolute atomic E-state index is 0.152. The monoisotopic (exact) mass is 258 g/mol. The summed E-state index contributed by atoms with van der Waals surface area (Å²) in [4.78, 5) is 0. The van der Waals surface area contributed by atoms with Gasteiger partial charge in [-0.2, -0.15) is 0 Å². The van der Waals surface area contributed by atoms with E-state index in [1.807, 2.05) is 6.07 Å². The van der Waals surface area contributed by atoms with Gasteiger partial charge < -0.3 is 14.3 Å². The van der Waals surface area contributed by atoms with Crippen molar-refractivity contribution >= 4 is 11.0 Å².